The van der Waals surface area contributed by atoms with Crippen LogP contribution in [-0.4, -0.2) is 33.4 Å². The molecule has 98 valence electrons. The van der Waals surface area contributed by atoms with Gasteiger partial charge in [-0.2, -0.15) is 9.90 Å². The Morgan fingerprint density at radius 2 is 2.00 bits per heavy atom. The van der Waals surface area contributed by atoms with Gasteiger partial charge in [0.25, 0.3) is 0 Å². The van der Waals surface area contributed by atoms with Crippen molar-refractivity contribution >= 4 is 11.8 Å². The number of rotatable bonds is 5. The van der Waals surface area contributed by atoms with Gasteiger partial charge < -0.3 is 4.74 Å². The molecule has 0 atom stereocenters. The summed E-state index contributed by atoms with van der Waals surface area (Å²) in [5.74, 6) is -0.660. The molecule has 0 saturated carbocycles. The summed E-state index contributed by atoms with van der Waals surface area (Å²) >= 11 is 0. The maximum atomic E-state index is 12.0. The number of nitrogens with zero attached hydrogens (tertiary/aromatic N) is 3. The van der Waals surface area contributed by atoms with Crippen molar-refractivity contribution in [3.8, 4) is 0 Å². The second kappa shape index (κ2) is 5.90. The average molecular weight is 259 g/mol. The summed E-state index contributed by atoms with van der Waals surface area (Å²) in [7, 11) is 0. The molecule has 2 aromatic rings. The first-order valence-electron chi connectivity index (χ1n) is 5.86. The van der Waals surface area contributed by atoms with Crippen LogP contribution in [0.15, 0.2) is 36.5 Å². The van der Waals surface area contributed by atoms with E-state index in [1.807, 2.05) is 6.07 Å². The third-order valence-electron chi connectivity index (χ3n) is 2.38. The van der Waals surface area contributed by atoms with Gasteiger partial charge in [-0.05, 0) is 6.92 Å². The van der Waals surface area contributed by atoms with E-state index in [1.165, 1.54) is 6.20 Å². The van der Waals surface area contributed by atoms with Gasteiger partial charge in [-0.15, -0.1) is 5.10 Å². The lowest BCUT2D eigenvalue weighted by Gasteiger charge is -2.00. The molecule has 0 fully saturated rings. The number of ether oxygens (including phenoxy) is 1. The number of aromatic nitrogens is 3. The topological polar surface area (TPSA) is 74.1 Å². The van der Waals surface area contributed by atoms with Crippen molar-refractivity contribution < 1.29 is 14.3 Å². The third kappa shape index (κ3) is 3.25. The monoisotopic (exact) mass is 259 g/mol. The molecule has 2 rings (SSSR count). The fraction of sp³-hybridized carbons (Fsp3) is 0.231. The van der Waals surface area contributed by atoms with E-state index in [4.69, 9.17) is 4.74 Å². The van der Waals surface area contributed by atoms with E-state index >= 15 is 0 Å². The normalized spacial score (nSPS) is 10.2. The molecule has 6 heteroatoms. The number of carbonyl (C=O) groups is 2. The lowest BCUT2D eigenvalue weighted by molar-refractivity contribution is -0.144. The maximum Gasteiger partial charge on any atom is 0.329 e. The predicted molar refractivity (Wildman–Crippen MR) is 66.5 cm³/mol. The lowest BCUT2D eigenvalue weighted by atomic mass is 10.1. The predicted octanol–water partition coefficient (Wildman–Crippen LogP) is 1.07. The average Bonchev–Trinajstić information content (AvgIpc) is 2.87. The van der Waals surface area contributed by atoms with Crippen LogP contribution in [0, 0.1) is 0 Å². The van der Waals surface area contributed by atoms with Crippen LogP contribution in [0.5, 0.6) is 0 Å². The number of hydrogen-bond acceptors (Lipinski definition) is 5. The van der Waals surface area contributed by atoms with Crippen molar-refractivity contribution in [2.75, 3.05) is 6.61 Å². The zero-order valence-corrected chi connectivity index (χ0v) is 10.4. The fourth-order valence-electron chi connectivity index (χ4n) is 1.54. The van der Waals surface area contributed by atoms with Gasteiger partial charge in [0.05, 0.1) is 12.8 Å². The van der Waals surface area contributed by atoms with Crippen molar-refractivity contribution in [2.24, 2.45) is 0 Å². The largest absolute Gasteiger partial charge is 0.465 e. The van der Waals surface area contributed by atoms with Crippen molar-refractivity contribution in [2.45, 2.75) is 13.5 Å². The van der Waals surface area contributed by atoms with Gasteiger partial charge in [-0.25, -0.2) is 4.79 Å². The van der Waals surface area contributed by atoms with Crippen LogP contribution in [0.2, 0.25) is 0 Å². The summed E-state index contributed by atoms with van der Waals surface area (Å²) in [5.41, 5.74) is 0.737. The molecule has 0 aliphatic heterocycles. The van der Waals surface area contributed by atoms with Crippen LogP contribution in [-0.2, 0) is 16.1 Å². The zero-order chi connectivity index (χ0) is 13.7. The van der Waals surface area contributed by atoms with Crippen molar-refractivity contribution in [3.63, 3.8) is 0 Å². The highest BCUT2D eigenvalue weighted by molar-refractivity contribution is 6.07. The molecule has 0 aliphatic carbocycles. The molecule has 6 nitrogen and oxygen atoms in total. The minimum atomic E-state index is -0.434. The first kappa shape index (κ1) is 12.9. The molecule has 0 spiro atoms. The Kier molecular flexibility index (Phi) is 4.02. The Morgan fingerprint density at radius 3 is 2.68 bits per heavy atom. The van der Waals surface area contributed by atoms with E-state index in [0.29, 0.717) is 12.2 Å². The molecule has 0 bridgehead atoms. The summed E-state index contributed by atoms with van der Waals surface area (Å²) in [6, 6.07) is 8.78. The molecule has 0 saturated heterocycles. The second-order valence-electron chi connectivity index (χ2n) is 3.76. The molecular formula is C13H13N3O3. The molecule has 0 amide bonds. The number of benzene rings is 1. The van der Waals surface area contributed by atoms with Crippen LogP contribution in [0.1, 0.15) is 23.0 Å². The fourth-order valence-corrected chi connectivity index (χ4v) is 1.54. The van der Waals surface area contributed by atoms with Gasteiger partial charge in [0.1, 0.15) is 0 Å². The quantitative estimate of drug-likeness (QED) is 0.593. The standard InChI is InChI=1S/C13H13N3O3/c1-2-19-12(17)9-16-14-8-11(15-16)13(18)10-6-4-3-5-7-10/h3-8H,2,9H2,1H3. The van der Waals surface area contributed by atoms with E-state index in [0.717, 1.165) is 4.80 Å². The SMILES string of the molecule is CCOC(=O)Cn1ncc(C(=O)c2ccccc2)n1. The first-order chi connectivity index (χ1) is 9.20. The molecule has 0 N–H and O–H groups in total. The Morgan fingerprint density at radius 1 is 1.26 bits per heavy atom. The molecule has 19 heavy (non-hydrogen) atoms. The molecule has 1 heterocycles. The van der Waals surface area contributed by atoms with Gasteiger partial charge in [0, 0.05) is 5.56 Å². The highest BCUT2D eigenvalue weighted by Crippen LogP contribution is 2.06. The van der Waals surface area contributed by atoms with Crippen LogP contribution in [0.25, 0.3) is 0 Å². The summed E-state index contributed by atoms with van der Waals surface area (Å²) in [6.07, 6.45) is 1.34. The maximum absolute atomic E-state index is 12.0. The second-order valence-corrected chi connectivity index (χ2v) is 3.76. The Bertz CT molecular complexity index is 578. The van der Waals surface area contributed by atoms with Crippen molar-refractivity contribution in [1.29, 1.82) is 0 Å². The number of carbonyl (C=O) groups excluding carboxylic acids is 2. The summed E-state index contributed by atoms with van der Waals surface area (Å²) in [5, 5.41) is 7.83. The molecule has 0 aliphatic rings. The minimum absolute atomic E-state index is 0.101. The molecule has 0 radical (unpaired) electrons. The van der Waals surface area contributed by atoms with Gasteiger partial charge in [-0.1, -0.05) is 30.3 Å². The van der Waals surface area contributed by atoms with Crippen LogP contribution in [0.3, 0.4) is 0 Å². The molecule has 0 unspecified atom stereocenters. The van der Waals surface area contributed by atoms with Crippen LogP contribution >= 0.6 is 0 Å². The Hall–Kier alpha value is -2.50. The number of hydrogen-bond donors (Lipinski definition) is 0. The van der Waals surface area contributed by atoms with Crippen molar-refractivity contribution in [1.82, 2.24) is 15.0 Å². The van der Waals surface area contributed by atoms with Crippen molar-refractivity contribution in [3.05, 3.63) is 47.8 Å². The molecular weight excluding hydrogens is 246 g/mol. The van der Waals surface area contributed by atoms with E-state index in [2.05, 4.69) is 10.2 Å². The Balaban J connectivity index is 2.09. The molecule has 1 aromatic carbocycles. The first-order valence-corrected chi connectivity index (χ1v) is 5.86. The lowest BCUT2D eigenvalue weighted by Crippen LogP contribution is -2.16. The number of esters is 1. The Labute approximate surface area is 110 Å². The van der Waals surface area contributed by atoms with Crippen LogP contribution in [0.4, 0.5) is 0 Å². The van der Waals surface area contributed by atoms with E-state index < -0.39 is 5.97 Å². The van der Waals surface area contributed by atoms with Gasteiger partial charge in [0.2, 0.25) is 5.78 Å². The van der Waals surface area contributed by atoms with Gasteiger partial charge in [0.15, 0.2) is 12.2 Å². The van der Waals surface area contributed by atoms with E-state index in [1.54, 1.807) is 31.2 Å². The smallest absolute Gasteiger partial charge is 0.329 e. The highest BCUT2D eigenvalue weighted by atomic mass is 16.5. The molecule has 1 aromatic heterocycles. The summed E-state index contributed by atoms with van der Waals surface area (Å²) in [6.45, 7) is 1.92. The highest BCUT2D eigenvalue weighted by Gasteiger charge is 2.14. The van der Waals surface area contributed by atoms with E-state index in [-0.39, 0.29) is 18.0 Å². The minimum Gasteiger partial charge on any atom is -0.465 e. The van der Waals surface area contributed by atoms with Gasteiger partial charge >= 0.3 is 5.97 Å². The van der Waals surface area contributed by atoms with E-state index in [9.17, 15) is 9.59 Å². The third-order valence-corrected chi connectivity index (χ3v) is 2.38. The van der Waals surface area contributed by atoms with Gasteiger partial charge in [-0.3, -0.25) is 4.79 Å². The zero-order valence-electron chi connectivity index (χ0n) is 10.4. The van der Waals surface area contributed by atoms with Crippen LogP contribution < -0.4 is 0 Å². The summed E-state index contributed by atoms with van der Waals surface area (Å²) in [4.78, 5) is 24.4. The number of ketones is 1. The summed E-state index contributed by atoms with van der Waals surface area (Å²) < 4.78 is 4.78.